The van der Waals surface area contributed by atoms with E-state index in [-0.39, 0.29) is 18.7 Å². The molecule has 3 aromatic carbocycles. The average molecular weight is 635 g/mol. The van der Waals surface area contributed by atoms with Gasteiger partial charge in [-0.2, -0.15) is 5.10 Å². The fraction of sp³-hybridized carbons (Fsp3) is 0.382. The Hall–Kier alpha value is -4.68. The van der Waals surface area contributed by atoms with Crippen LogP contribution in [0.2, 0.25) is 0 Å². The van der Waals surface area contributed by atoms with Gasteiger partial charge in [-0.3, -0.25) is 14.5 Å². The summed E-state index contributed by atoms with van der Waals surface area (Å²) in [5.74, 6) is 0.574. The minimum Gasteiger partial charge on any atom is -0.497 e. The number of methoxy groups -OCH3 is 4. The summed E-state index contributed by atoms with van der Waals surface area (Å²) in [6, 6.07) is 16.1. The van der Waals surface area contributed by atoms with Crippen molar-refractivity contribution < 1.29 is 37.7 Å². The van der Waals surface area contributed by atoms with E-state index in [0.717, 1.165) is 5.56 Å². The smallest absolute Gasteiger partial charge is 0.262 e. The van der Waals surface area contributed by atoms with Crippen molar-refractivity contribution in [3.05, 3.63) is 83.2 Å². The van der Waals surface area contributed by atoms with Gasteiger partial charge in [0.25, 0.3) is 11.8 Å². The van der Waals surface area contributed by atoms with Crippen molar-refractivity contribution in [2.75, 3.05) is 74.4 Å². The molecule has 0 saturated carbocycles. The standard InChI is InChI=1S/C34H39FN4O7/c1-42-24-10-11-26(31(20-24)44-3)28-21-29(23-9-12-30(43-2)32(19-23)45-4)39(36-28)33(40)22-38(14-13-37-15-17-46-18-16-37)34(41)25-7-5-6-8-27(25)35/h5-12,19-20,29H,13-18,21-22H2,1-4H3. The highest BCUT2D eigenvalue weighted by Gasteiger charge is 2.36. The summed E-state index contributed by atoms with van der Waals surface area (Å²) >= 11 is 0. The summed E-state index contributed by atoms with van der Waals surface area (Å²) in [6.45, 7) is 3.02. The maximum absolute atomic E-state index is 14.8. The summed E-state index contributed by atoms with van der Waals surface area (Å²) in [5.41, 5.74) is 1.99. The number of carbonyl (C=O) groups excluding carboxylic acids is 2. The van der Waals surface area contributed by atoms with Gasteiger partial charge in [0.2, 0.25) is 0 Å². The third kappa shape index (κ3) is 7.24. The Morgan fingerprint density at radius 1 is 0.913 bits per heavy atom. The fourth-order valence-corrected chi connectivity index (χ4v) is 5.64. The van der Waals surface area contributed by atoms with Crippen LogP contribution in [0.3, 0.4) is 0 Å². The third-order valence-corrected chi connectivity index (χ3v) is 8.19. The second-order valence-corrected chi connectivity index (χ2v) is 10.8. The van der Waals surface area contributed by atoms with Gasteiger partial charge in [-0.05, 0) is 42.0 Å². The highest BCUT2D eigenvalue weighted by molar-refractivity contribution is 6.05. The molecule has 2 amide bonds. The van der Waals surface area contributed by atoms with E-state index in [1.54, 1.807) is 52.7 Å². The quantitative estimate of drug-likeness (QED) is 0.295. The monoisotopic (exact) mass is 634 g/mol. The van der Waals surface area contributed by atoms with Crippen LogP contribution < -0.4 is 18.9 Å². The number of hydrazone groups is 1. The molecular formula is C34H39FN4O7. The summed E-state index contributed by atoms with van der Waals surface area (Å²) in [6.07, 6.45) is 0.360. The minimum atomic E-state index is -0.646. The molecule has 0 aliphatic carbocycles. The SMILES string of the molecule is COc1ccc(C2=NN(C(=O)CN(CCN3CCOCC3)C(=O)c3ccccc3F)C(c3ccc(OC)c(OC)c3)C2)c(OC)c1. The lowest BCUT2D eigenvalue weighted by Gasteiger charge is -2.31. The molecule has 0 aromatic heterocycles. The number of carbonyl (C=O) groups is 2. The third-order valence-electron chi connectivity index (χ3n) is 8.19. The molecule has 0 N–H and O–H groups in total. The number of rotatable bonds is 12. The van der Waals surface area contributed by atoms with Crippen LogP contribution in [0.25, 0.3) is 0 Å². The highest BCUT2D eigenvalue weighted by Crippen LogP contribution is 2.39. The number of halogens is 1. The molecule has 0 spiro atoms. The highest BCUT2D eigenvalue weighted by atomic mass is 19.1. The number of hydrogen-bond donors (Lipinski definition) is 0. The maximum atomic E-state index is 14.8. The molecule has 244 valence electrons. The van der Waals surface area contributed by atoms with E-state index in [1.807, 2.05) is 18.2 Å². The Labute approximate surface area is 268 Å². The molecule has 0 bridgehead atoms. The van der Waals surface area contributed by atoms with Gasteiger partial charge in [-0.15, -0.1) is 0 Å². The van der Waals surface area contributed by atoms with Gasteiger partial charge in [0.15, 0.2) is 11.5 Å². The number of benzene rings is 3. The van der Waals surface area contributed by atoms with Crippen LogP contribution in [-0.2, 0) is 9.53 Å². The van der Waals surface area contributed by atoms with Crippen molar-refractivity contribution in [2.24, 2.45) is 5.10 Å². The van der Waals surface area contributed by atoms with E-state index < -0.39 is 23.7 Å². The molecule has 2 aliphatic rings. The van der Waals surface area contributed by atoms with Gasteiger partial charge in [0, 0.05) is 44.2 Å². The lowest BCUT2D eigenvalue weighted by atomic mass is 9.97. The lowest BCUT2D eigenvalue weighted by molar-refractivity contribution is -0.133. The zero-order valence-electron chi connectivity index (χ0n) is 26.5. The number of amides is 2. The molecule has 1 saturated heterocycles. The predicted molar refractivity (Wildman–Crippen MR) is 169 cm³/mol. The molecule has 3 aromatic rings. The molecule has 11 nitrogen and oxygen atoms in total. The van der Waals surface area contributed by atoms with E-state index in [2.05, 4.69) is 4.90 Å². The lowest BCUT2D eigenvalue weighted by Crippen LogP contribution is -2.46. The van der Waals surface area contributed by atoms with Crippen LogP contribution in [-0.4, -0.2) is 107 Å². The van der Waals surface area contributed by atoms with Crippen LogP contribution in [0.1, 0.15) is 33.9 Å². The molecule has 1 atom stereocenters. The number of morpholine rings is 1. The average Bonchev–Trinajstić information content (AvgIpc) is 3.55. The summed E-state index contributed by atoms with van der Waals surface area (Å²) < 4.78 is 42.2. The van der Waals surface area contributed by atoms with Gasteiger partial charge in [0.05, 0.1) is 59.0 Å². The first-order valence-electron chi connectivity index (χ1n) is 15.0. The molecule has 1 unspecified atom stereocenters. The van der Waals surface area contributed by atoms with Crippen LogP contribution >= 0.6 is 0 Å². The van der Waals surface area contributed by atoms with E-state index in [0.29, 0.717) is 73.5 Å². The molecule has 5 rings (SSSR count). The molecule has 2 aliphatic heterocycles. The maximum Gasteiger partial charge on any atom is 0.262 e. The van der Waals surface area contributed by atoms with Crippen molar-refractivity contribution >= 4 is 17.5 Å². The molecule has 2 heterocycles. The van der Waals surface area contributed by atoms with Gasteiger partial charge < -0.3 is 28.6 Å². The second kappa shape index (κ2) is 15.1. The van der Waals surface area contributed by atoms with Gasteiger partial charge in [-0.25, -0.2) is 9.40 Å². The molecular weight excluding hydrogens is 595 g/mol. The zero-order valence-corrected chi connectivity index (χ0v) is 26.5. The largest absolute Gasteiger partial charge is 0.497 e. The fourth-order valence-electron chi connectivity index (χ4n) is 5.64. The van der Waals surface area contributed by atoms with Crippen LogP contribution in [0, 0.1) is 5.82 Å². The first kappa shape index (κ1) is 32.7. The summed E-state index contributed by atoms with van der Waals surface area (Å²) in [7, 11) is 6.23. The number of hydrogen-bond acceptors (Lipinski definition) is 9. The number of nitrogens with zero attached hydrogens (tertiary/aromatic N) is 4. The first-order chi connectivity index (χ1) is 22.4. The molecule has 46 heavy (non-hydrogen) atoms. The van der Waals surface area contributed by atoms with Crippen molar-refractivity contribution in [2.45, 2.75) is 12.5 Å². The zero-order chi connectivity index (χ0) is 32.6. The molecule has 0 radical (unpaired) electrons. The van der Waals surface area contributed by atoms with Crippen molar-refractivity contribution in [1.82, 2.24) is 14.8 Å². The van der Waals surface area contributed by atoms with Gasteiger partial charge in [0.1, 0.15) is 23.9 Å². The van der Waals surface area contributed by atoms with Crippen molar-refractivity contribution in [1.29, 1.82) is 0 Å². The number of ether oxygens (including phenoxy) is 5. The second-order valence-electron chi connectivity index (χ2n) is 10.8. The van der Waals surface area contributed by atoms with E-state index in [1.165, 1.54) is 28.1 Å². The van der Waals surface area contributed by atoms with Crippen molar-refractivity contribution in [3.63, 3.8) is 0 Å². The van der Waals surface area contributed by atoms with Crippen LogP contribution in [0.15, 0.2) is 65.8 Å². The van der Waals surface area contributed by atoms with Gasteiger partial charge >= 0.3 is 0 Å². The predicted octanol–water partition coefficient (Wildman–Crippen LogP) is 4.01. The van der Waals surface area contributed by atoms with E-state index >= 15 is 0 Å². The van der Waals surface area contributed by atoms with E-state index in [4.69, 9.17) is 28.8 Å². The van der Waals surface area contributed by atoms with Crippen LogP contribution in [0.5, 0.6) is 23.0 Å². The Balaban J connectivity index is 1.49. The Kier molecular flexibility index (Phi) is 10.7. The first-order valence-corrected chi connectivity index (χ1v) is 15.0. The van der Waals surface area contributed by atoms with Gasteiger partial charge in [-0.1, -0.05) is 18.2 Å². The summed E-state index contributed by atoms with van der Waals surface area (Å²) in [5, 5.41) is 6.20. The normalized spacial score (nSPS) is 16.5. The summed E-state index contributed by atoms with van der Waals surface area (Å²) in [4.78, 5) is 31.5. The molecule has 12 heteroatoms. The van der Waals surface area contributed by atoms with Crippen molar-refractivity contribution in [3.8, 4) is 23.0 Å². The Morgan fingerprint density at radius 2 is 1.65 bits per heavy atom. The Bertz CT molecular complexity index is 1580. The van der Waals surface area contributed by atoms with E-state index in [9.17, 15) is 14.0 Å². The minimum absolute atomic E-state index is 0.0951. The Morgan fingerprint density at radius 3 is 2.35 bits per heavy atom. The van der Waals surface area contributed by atoms with Crippen LogP contribution in [0.4, 0.5) is 4.39 Å². The molecule has 1 fully saturated rings. The topological polar surface area (TPSA) is 102 Å².